The molecule has 3 aliphatic rings. The average molecular weight is 460 g/mol. The molecular weight excluding hydrogens is 429 g/mol. The van der Waals surface area contributed by atoms with Gasteiger partial charge in [0.2, 0.25) is 0 Å². The molecule has 0 unspecified atom stereocenters. The molecule has 0 radical (unpaired) electrons. The summed E-state index contributed by atoms with van der Waals surface area (Å²) in [5.41, 5.74) is 0.906. The number of hydrogen-bond acceptors (Lipinski definition) is 5. The van der Waals surface area contributed by atoms with E-state index in [1.54, 1.807) is 10.9 Å². The Morgan fingerprint density at radius 3 is 2.50 bits per heavy atom. The lowest BCUT2D eigenvalue weighted by atomic mass is 9.77. The fourth-order valence-corrected chi connectivity index (χ4v) is 4.52. The molecule has 32 heavy (non-hydrogen) atoms. The molecule has 3 fully saturated rings. The number of likely N-dealkylation sites (tertiary alicyclic amines) is 2. The van der Waals surface area contributed by atoms with Crippen molar-refractivity contribution in [1.29, 1.82) is 0 Å². The van der Waals surface area contributed by atoms with Crippen LogP contribution in [0.1, 0.15) is 36.5 Å². The van der Waals surface area contributed by atoms with Crippen molar-refractivity contribution in [2.75, 3.05) is 45.9 Å². The number of carboxylic acids is 1. The van der Waals surface area contributed by atoms with Crippen LogP contribution in [0.5, 0.6) is 0 Å². The Bertz CT molecular complexity index is 811. The van der Waals surface area contributed by atoms with Crippen LogP contribution >= 0.6 is 0 Å². The van der Waals surface area contributed by atoms with Crippen molar-refractivity contribution in [2.24, 2.45) is 24.3 Å². The number of hydrogen-bond donors (Lipinski definition) is 1. The highest BCUT2D eigenvalue weighted by Crippen LogP contribution is 2.44. The average Bonchev–Trinajstić information content (AvgIpc) is 3.14. The summed E-state index contributed by atoms with van der Waals surface area (Å²) in [5.74, 6) is -1.28. The number of carbonyl (C=O) groups is 2. The van der Waals surface area contributed by atoms with Crippen molar-refractivity contribution >= 4 is 11.9 Å². The molecule has 2 saturated heterocycles. The second-order valence-corrected chi connectivity index (χ2v) is 9.05. The number of halogens is 3. The molecule has 180 valence electrons. The molecule has 11 heteroatoms. The summed E-state index contributed by atoms with van der Waals surface area (Å²) in [6.45, 7) is 9.00. The molecule has 1 N–H and O–H groups in total. The van der Waals surface area contributed by atoms with Crippen LogP contribution in [0.2, 0.25) is 0 Å². The first-order chi connectivity index (χ1) is 15.0. The zero-order chi connectivity index (χ0) is 23.5. The maximum atomic E-state index is 12.8. The third kappa shape index (κ3) is 6.00. The fourth-order valence-electron chi connectivity index (χ4n) is 4.52. The molecular formula is C21H31F3N4O4. The van der Waals surface area contributed by atoms with Crippen molar-refractivity contribution in [3.63, 3.8) is 0 Å². The third-order valence-corrected chi connectivity index (χ3v) is 6.57. The van der Waals surface area contributed by atoms with E-state index in [1.165, 1.54) is 12.8 Å². The van der Waals surface area contributed by atoms with Gasteiger partial charge in [-0.1, -0.05) is 6.92 Å². The van der Waals surface area contributed by atoms with Crippen LogP contribution in [0.15, 0.2) is 12.4 Å². The van der Waals surface area contributed by atoms with Crippen LogP contribution in [-0.4, -0.2) is 88.7 Å². The number of nitrogens with zero attached hydrogens (tertiary/aromatic N) is 4. The minimum atomic E-state index is -5.08. The van der Waals surface area contributed by atoms with E-state index < -0.39 is 12.1 Å². The highest BCUT2D eigenvalue weighted by molar-refractivity contribution is 5.94. The molecule has 1 amide bonds. The number of carboxylic acid groups (broad SMARTS) is 1. The van der Waals surface area contributed by atoms with Gasteiger partial charge in [0.1, 0.15) is 0 Å². The quantitative estimate of drug-likeness (QED) is 0.701. The Balaban J connectivity index is 0.000000360. The number of carbonyl (C=O) groups excluding carboxylic acids is 1. The maximum Gasteiger partial charge on any atom is 0.490 e. The normalized spacial score (nSPS) is 25.8. The van der Waals surface area contributed by atoms with E-state index in [2.05, 4.69) is 16.9 Å². The van der Waals surface area contributed by atoms with Crippen LogP contribution in [0, 0.1) is 17.3 Å². The number of aryl methyl sites for hydroxylation is 1. The Morgan fingerprint density at radius 1 is 1.28 bits per heavy atom. The number of ether oxygens (including phenoxy) is 1. The first kappa shape index (κ1) is 24.5. The minimum absolute atomic E-state index is 0.123. The summed E-state index contributed by atoms with van der Waals surface area (Å²) in [5, 5.41) is 11.3. The lowest BCUT2D eigenvalue weighted by Crippen LogP contribution is -2.38. The largest absolute Gasteiger partial charge is 0.490 e. The third-order valence-electron chi connectivity index (χ3n) is 6.57. The second-order valence-electron chi connectivity index (χ2n) is 9.05. The predicted molar refractivity (Wildman–Crippen MR) is 109 cm³/mol. The monoisotopic (exact) mass is 460 g/mol. The molecule has 3 heterocycles. The summed E-state index contributed by atoms with van der Waals surface area (Å²) in [6.07, 6.45) is 2.18. The van der Waals surface area contributed by atoms with E-state index >= 15 is 0 Å². The van der Waals surface area contributed by atoms with Gasteiger partial charge < -0.3 is 19.6 Å². The van der Waals surface area contributed by atoms with Gasteiger partial charge in [0.05, 0.1) is 18.4 Å². The van der Waals surface area contributed by atoms with Crippen LogP contribution in [0.4, 0.5) is 13.2 Å². The van der Waals surface area contributed by atoms with Gasteiger partial charge in [-0.3, -0.25) is 9.48 Å². The van der Waals surface area contributed by atoms with Gasteiger partial charge in [-0.2, -0.15) is 18.3 Å². The molecule has 4 rings (SSSR count). The maximum absolute atomic E-state index is 12.8. The van der Waals surface area contributed by atoms with E-state index in [4.69, 9.17) is 14.6 Å². The van der Waals surface area contributed by atoms with Gasteiger partial charge in [-0.05, 0) is 31.7 Å². The fraction of sp³-hybridized carbons (Fsp3) is 0.762. The lowest BCUT2D eigenvalue weighted by molar-refractivity contribution is -0.192. The lowest BCUT2D eigenvalue weighted by Gasteiger charge is -2.30. The summed E-state index contributed by atoms with van der Waals surface area (Å²) >= 11 is 0. The van der Waals surface area contributed by atoms with E-state index in [1.807, 2.05) is 18.1 Å². The summed E-state index contributed by atoms with van der Waals surface area (Å²) in [7, 11) is 1.85. The van der Waals surface area contributed by atoms with Crippen LogP contribution in [-0.2, 0) is 16.6 Å². The number of alkyl halides is 3. The van der Waals surface area contributed by atoms with Gasteiger partial charge >= 0.3 is 12.1 Å². The molecule has 2 aliphatic heterocycles. The van der Waals surface area contributed by atoms with Gasteiger partial charge in [-0.25, -0.2) is 4.79 Å². The first-order valence-corrected chi connectivity index (χ1v) is 10.9. The van der Waals surface area contributed by atoms with Crippen molar-refractivity contribution in [3.8, 4) is 0 Å². The summed E-state index contributed by atoms with van der Waals surface area (Å²) < 4.78 is 39.5. The van der Waals surface area contributed by atoms with Gasteiger partial charge in [-0.15, -0.1) is 0 Å². The summed E-state index contributed by atoms with van der Waals surface area (Å²) in [4.78, 5) is 26.3. The standard InChI is InChI=1S/C19H30N4O2.C2HF3O2/c1-3-22-10-17(12-25-11-15-4-5-15)19(13-22)6-7-23(14-19)18(24)16-8-20-21(2)9-16;3-2(4,5)1(6)7/h8-9,15,17H,3-7,10-14H2,1-2H3;(H,6,7)/t17-,19+;/m0./s1. The molecule has 0 bridgehead atoms. The van der Waals surface area contributed by atoms with Crippen LogP contribution < -0.4 is 0 Å². The zero-order valence-corrected chi connectivity index (χ0v) is 18.5. The molecule has 1 aromatic heterocycles. The number of amides is 1. The van der Waals surface area contributed by atoms with E-state index in [9.17, 15) is 18.0 Å². The SMILES string of the molecule is CCN1C[C@@H](COCC2CC2)[C@]2(CCN(C(=O)c3cnn(C)c3)C2)C1.O=C(O)C(F)(F)F. The van der Waals surface area contributed by atoms with Crippen molar-refractivity contribution in [1.82, 2.24) is 19.6 Å². The van der Waals surface area contributed by atoms with Gasteiger partial charge in [0.25, 0.3) is 5.91 Å². The van der Waals surface area contributed by atoms with Gasteiger partial charge in [0, 0.05) is 57.4 Å². The molecule has 1 saturated carbocycles. The summed E-state index contributed by atoms with van der Waals surface area (Å²) in [6, 6.07) is 0. The van der Waals surface area contributed by atoms with E-state index in [0.717, 1.165) is 58.3 Å². The minimum Gasteiger partial charge on any atom is -0.475 e. The molecule has 2 atom stereocenters. The Kier molecular flexibility index (Phi) is 7.49. The van der Waals surface area contributed by atoms with E-state index in [0.29, 0.717) is 11.5 Å². The molecule has 0 aromatic carbocycles. The van der Waals surface area contributed by atoms with Crippen LogP contribution in [0.3, 0.4) is 0 Å². The van der Waals surface area contributed by atoms with E-state index in [-0.39, 0.29) is 11.3 Å². The highest BCUT2D eigenvalue weighted by atomic mass is 19.4. The zero-order valence-electron chi connectivity index (χ0n) is 18.5. The van der Waals surface area contributed by atoms with Crippen LogP contribution in [0.25, 0.3) is 0 Å². The van der Waals surface area contributed by atoms with Gasteiger partial charge in [0.15, 0.2) is 0 Å². The molecule has 8 nitrogen and oxygen atoms in total. The second kappa shape index (κ2) is 9.78. The van der Waals surface area contributed by atoms with Crippen molar-refractivity contribution < 1.29 is 32.6 Å². The molecule has 1 spiro atoms. The molecule has 1 aliphatic carbocycles. The Hall–Kier alpha value is -2.14. The topological polar surface area (TPSA) is 87.9 Å². The first-order valence-electron chi connectivity index (χ1n) is 10.9. The van der Waals surface area contributed by atoms with Crippen molar-refractivity contribution in [2.45, 2.75) is 32.4 Å². The highest BCUT2D eigenvalue weighted by Gasteiger charge is 2.51. The Labute approximate surface area is 185 Å². The number of aliphatic carboxylic acids is 1. The van der Waals surface area contributed by atoms with Crippen molar-refractivity contribution in [3.05, 3.63) is 18.0 Å². The number of aromatic nitrogens is 2. The smallest absolute Gasteiger partial charge is 0.475 e. The predicted octanol–water partition coefficient (Wildman–Crippen LogP) is 2.26. The molecule has 1 aromatic rings. The number of rotatable bonds is 6. The Morgan fingerprint density at radius 2 is 1.97 bits per heavy atom.